The summed E-state index contributed by atoms with van der Waals surface area (Å²) in [7, 11) is 0. The van der Waals surface area contributed by atoms with Gasteiger partial charge in [0.2, 0.25) is 0 Å². The number of nitrogens with zero attached hydrogens (tertiary/aromatic N) is 2. The van der Waals surface area contributed by atoms with Gasteiger partial charge in [-0.15, -0.1) is 0 Å². The molecule has 0 bridgehead atoms. The zero-order valence-electron chi connectivity index (χ0n) is 15.3. The molecule has 5 nitrogen and oxygen atoms in total. The van der Waals surface area contributed by atoms with Gasteiger partial charge in [-0.2, -0.15) is 4.98 Å². The first kappa shape index (κ1) is 17.6. The van der Waals surface area contributed by atoms with E-state index in [1.807, 2.05) is 24.3 Å². The van der Waals surface area contributed by atoms with Crippen molar-refractivity contribution in [3.05, 3.63) is 35.7 Å². The second kappa shape index (κ2) is 7.38. The highest BCUT2D eigenvalue weighted by molar-refractivity contribution is 5.94. The van der Waals surface area contributed by atoms with Gasteiger partial charge >= 0.3 is 0 Å². The smallest absolute Gasteiger partial charge is 0.257 e. The van der Waals surface area contributed by atoms with Gasteiger partial charge in [0.15, 0.2) is 5.82 Å². The maximum Gasteiger partial charge on any atom is 0.257 e. The molecule has 1 aromatic heterocycles. The van der Waals surface area contributed by atoms with Crippen molar-refractivity contribution in [3.63, 3.8) is 0 Å². The molecule has 1 unspecified atom stereocenters. The molecule has 134 valence electrons. The summed E-state index contributed by atoms with van der Waals surface area (Å²) in [5.74, 6) is 1.76. The topological polar surface area (TPSA) is 68.0 Å². The fraction of sp³-hybridized carbons (Fsp3) is 0.550. The second-order valence-corrected chi connectivity index (χ2v) is 7.63. The third-order valence-electron chi connectivity index (χ3n) is 5.32. The van der Waals surface area contributed by atoms with Crippen molar-refractivity contribution in [3.8, 4) is 11.5 Å². The van der Waals surface area contributed by atoms with Crippen LogP contribution in [0.15, 0.2) is 28.8 Å². The Balaban J connectivity index is 1.60. The molecule has 1 saturated carbocycles. The zero-order valence-corrected chi connectivity index (χ0v) is 15.3. The number of aromatic nitrogens is 2. The number of benzene rings is 1. The first-order chi connectivity index (χ1) is 12.0. The van der Waals surface area contributed by atoms with E-state index in [4.69, 9.17) is 4.52 Å². The summed E-state index contributed by atoms with van der Waals surface area (Å²) in [6.07, 6.45) is 5.49. The van der Waals surface area contributed by atoms with Crippen molar-refractivity contribution in [1.82, 2.24) is 15.5 Å². The third-order valence-corrected chi connectivity index (χ3v) is 5.32. The summed E-state index contributed by atoms with van der Waals surface area (Å²) in [5, 5.41) is 7.05. The summed E-state index contributed by atoms with van der Waals surface area (Å²) in [5.41, 5.74) is 1.82. The fourth-order valence-corrected chi connectivity index (χ4v) is 3.56. The number of carbonyl (C=O) groups excluding carboxylic acids is 1. The van der Waals surface area contributed by atoms with E-state index in [0.29, 0.717) is 22.8 Å². The van der Waals surface area contributed by atoms with Gasteiger partial charge < -0.3 is 9.84 Å². The molecule has 5 heteroatoms. The summed E-state index contributed by atoms with van der Waals surface area (Å²) in [6, 6.07) is 7.34. The van der Waals surface area contributed by atoms with Crippen LogP contribution in [0.2, 0.25) is 0 Å². The lowest BCUT2D eigenvalue weighted by molar-refractivity contribution is 0.0937. The van der Waals surface area contributed by atoms with Crippen LogP contribution in [0.1, 0.15) is 62.6 Å². The number of carbonyl (C=O) groups is 1. The van der Waals surface area contributed by atoms with Crippen LogP contribution in [0.5, 0.6) is 0 Å². The number of amides is 1. The Hall–Kier alpha value is -2.17. The highest BCUT2D eigenvalue weighted by Crippen LogP contribution is 2.42. The Morgan fingerprint density at radius 3 is 2.72 bits per heavy atom. The van der Waals surface area contributed by atoms with E-state index >= 15 is 0 Å². The summed E-state index contributed by atoms with van der Waals surface area (Å²) in [4.78, 5) is 16.8. The molecule has 0 aliphatic heterocycles. The molecule has 1 aromatic carbocycles. The Morgan fingerprint density at radius 2 is 2.08 bits per heavy atom. The predicted molar refractivity (Wildman–Crippen MR) is 97.2 cm³/mol. The fourth-order valence-electron chi connectivity index (χ4n) is 3.56. The van der Waals surface area contributed by atoms with Crippen molar-refractivity contribution in [2.45, 2.75) is 52.9 Å². The van der Waals surface area contributed by atoms with E-state index in [-0.39, 0.29) is 5.91 Å². The Morgan fingerprint density at radius 1 is 1.32 bits per heavy atom. The summed E-state index contributed by atoms with van der Waals surface area (Å²) >= 11 is 0. The van der Waals surface area contributed by atoms with Crippen LogP contribution in [-0.2, 0) is 6.42 Å². The van der Waals surface area contributed by atoms with Crippen molar-refractivity contribution < 1.29 is 9.32 Å². The number of hydrogen-bond donors (Lipinski definition) is 1. The summed E-state index contributed by atoms with van der Waals surface area (Å²) < 4.78 is 5.28. The van der Waals surface area contributed by atoms with Gasteiger partial charge in [-0.05, 0) is 54.9 Å². The van der Waals surface area contributed by atoms with Gasteiger partial charge in [0.25, 0.3) is 11.8 Å². The van der Waals surface area contributed by atoms with E-state index in [2.05, 4.69) is 36.2 Å². The van der Waals surface area contributed by atoms with Gasteiger partial charge in [0.05, 0.1) is 0 Å². The molecule has 0 radical (unpaired) electrons. The molecule has 1 fully saturated rings. The van der Waals surface area contributed by atoms with E-state index in [0.717, 1.165) is 30.8 Å². The van der Waals surface area contributed by atoms with Crippen LogP contribution in [0.4, 0.5) is 0 Å². The molecule has 3 rings (SSSR count). The van der Waals surface area contributed by atoms with Crippen molar-refractivity contribution >= 4 is 5.91 Å². The maximum atomic E-state index is 12.4. The molecule has 1 N–H and O–H groups in total. The number of rotatable bonds is 6. The first-order valence-electron chi connectivity index (χ1n) is 9.21. The molecule has 1 amide bonds. The molecule has 2 aromatic rings. The van der Waals surface area contributed by atoms with Crippen LogP contribution < -0.4 is 5.32 Å². The van der Waals surface area contributed by atoms with Crippen molar-refractivity contribution in [1.29, 1.82) is 0 Å². The minimum atomic E-state index is -0.0218. The maximum absolute atomic E-state index is 12.4. The molecule has 1 atom stereocenters. The van der Waals surface area contributed by atoms with E-state index in [9.17, 15) is 4.79 Å². The molecule has 0 saturated heterocycles. The average Bonchev–Trinajstić information content (AvgIpc) is 3.19. The predicted octanol–water partition coefficient (Wildman–Crippen LogP) is 4.25. The first-order valence-corrected chi connectivity index (χ1v) is 9.21. The van der Waals surface area contributed by atoms with Crippen LogP contribution in [0.3, 0.4) is 0 Å². The quantitative estimate of drug-likeness (QED) is 0.853. The Bertz CT molecular complexity index is 719. The van der Waals surface area contributed by atoms with Crippen molar-refractivity contribution in [2.24, 2.45) is 11.3 Å². The van der Waals surface area contributed by atoms with Gasteiger partial charge in [0, 0.05) is 24.1 Å². The van der Waals surface area contributed by atoms with Gasteiger partial charge in [-0.1, -0.05) is 32.3 Å². The molecule has 1 aliphatic rings. The Labute approximate surface area is 149 Å². The normalized spacial score (nSPS) is 19.1. The highest BCUT2D eigenvalue weighted by atomic mass is 16.5. The standard InChI is InChI=1S/C20H27N3O2/c1-4-6-17-22-19(25-23-17)15-10-8-14(9-11-15)18(24)21-13-16-7-5-12-20(16,2)3/h8-11,16H,4-7,12-13H2,1-3H3,(H,21,24). The Kier molecular flexibility index (Phi) is 5.21. The van der Waals surface area contributed by atoms with Crippen LogP contribution >= 0.6 is 0 Å². The lowest BCUT2D eigenvalue weighted by Gasteiger charge is -2.27. The van der Waals surface area contributed by atoms with Crippen LogP contribution in [0, 0.1) is 11.3 Å². The molecule has 0 spiro atoms. The molecule has 1 heterocycles. The van der Waals surface area contributed by atoms with Crippen LogP contribution in [0.25, 0.3) is 11.5 Å². The van der Waals surface area contributed by atoms with Crippen LogP contribution in [-0.4, -0.2) is 22.6 Å². The lowest BCUT2D eigenvalue weighted by atomic mass is 9.82. The summed E-state index contributed by atoms with van der Waals surface area (Å²) in [6.45, 7) is 7.42. The van der Waals surface area contributed by atoms with Crippen molar-refractivity contribution in [2.75, 3.05) is 6.54 Å². The van der Waals surface area contributed by atoms with Gasteiger partial charge in [0.1, 0.15) is 0 Å². The molecular weight excluding hydrogens is 314 g/mol. The number of nitrogens with one attached hydrogen (secondary N) is 1. The lowest BCUT2D eigenvalue weighted by Crippen LogP contribution is -2.33. The largest absolute Gasteiger partial charge is 0.352 e. The number of hydrogen-bond acceptors (Lipinski definition) is 4. The van der Waals surface area contributed by atoms with E-state index in [1.165, 1.54) is 19.3 Å². The molecule has 1 aliphatic carbocycles. The zero-order chi connectivity index (χ0) is 17.9. The number of aryl methyl sites for hydroxylation is 1. The molecule has 25 heavy (non-hydrogen) atoms. The SMILES string of the molecule is CCCc1noc(-c2ccc(C(=O)NCC3CCCC3(C)C)cc2)n1. The monoisotopic (exact) mass is 341 g/mol. The highest BCUT2D eigenvalue weighted by Gasteiger charge is 2.34. The van der Waals surface area contributed by atoms with E-state index < -0.39 is 0 Å². The second-order valence-electron chi connectivity index (χ2n) is 7.63. The van der Waals surface area contributed by atoms with Gasteiger partial charge in [-0.3, -0.25) is 4.79 Å². The average molecular weight is 341 g/mol. The molecular formula is C20H27N3O2. The minimum absolute atomic E-state index is 0.0218. The van der Waals surface area contributed by atoms with E-state index in [1.54, 1.807) is 0 Å². The third kappa shape index (κ3) is 4.09. The van der Waals surface area contributed by atoms with Gasteiger partial charge in [-0.25, -0.2) is 0 Å². The minimum Gasteiger partial charge on any atom is -0.352 e.